The lowest BCUT2D eigenvalue weighted by molar-refractivity contribution is 0.0969. The highest BCUT2D eigenvalue weighted by Gasteiger charge is 2.37. The molecule has 0 unspecified atom stereocenters. The summed E-state index contributed by atoms with van der Waals surface area (Å²) in [4.78, 5) is 18.7. The molecule has 114 valence electrons. The van der Waals surface area contributed by atoms with E-state index >= 15 is 0 Å². The number of fused-ring (bicyclic) bond motifs is 1. The molecule has 0 radical (unpaired) electrons. The lowest BCUT2D eigenvalue weighted by Gasteiger charge is -2.39. The Kier molecular flexibility index (Phi) is 3.57. The first-order valence-corrected chi connectivity index (χ1v) is 7.41. The summed E-state index contributed by atoms with van der Waals surface area (Å²) in [5, 5.41) is 0.649. The molecule has 0 spiro atoms. The number of carbonyl (C=O) groups excluding carboxylic acids is 1. The van der Waals surface area contributed by atoms with Crippen LogP contribution in [-0.4, -0.2) is 24.5 Å². The van der Waals surface area contributed by atoms with E-state index in [-0.39, 0.29) is 11.3 Å². The molecule has 3 rings (SSSR count). The third kappa shape index (κ3) is 2.44. The normalized spacial score (nSPS) is 16.4. The molecule has 0 atom stereocenters. The summed E-state index contributed by atoms with van der Waals surface area (Å²) < 4.78 is 5.20. The molecule has 2 heterocycles. The SMILES string of the molecule is COc1cncc(N2CC(C)(C)c3cc(Cl)ccc3C2=O)c1. The molecule has 0 fully saturated rings. The summed E-state index contributed by atoms with van der Waals surface area (Å²) in [5.41, 5.74) is 2.20. The Bertz CT molecular complexity index is 743. The van der Waals surface area contributed by atoms with E-state index in [0.717, 1.165) is 11.3 Å². The summed E-state index contributed by atoms with van der Waals surface area (Å²) >= 11 is 6.09. The monoisotopic (exact) mass is 316 g/mol. The quantitative estimate of drug-likeness (QED) is 0.848. The maximum atomic E-state index is 12.8. The molecule has 1 aliphatic rings. The van der Waals surface area contributed by atoms with Crippen molar-refractivity contribution in [3.05, 3.63) is 52.8 Å². The van der Waals surface area contributed by atoms with Gasteiger partial charge in [-0.1, -0.05) is 25.4 Å². The predicted molar refractivity (Wildman–Crippen MR) is 86.9 cm³/mol. The largest absolute Gasteiger partial charge is 0.495 e. The van der Waals surface area contributed by atoms with Crippen molar-refractivity contribution in [2.75, 3.05) is 18.6 Å². The molecule has 0 saturated carbocycles. The number of ether oxygens (including phenoxy) is 1. The lowest BCUT2D eigenvalue weighted by Crippen LogP contribution is -2.47. The third-order valence-electron chi connectivity index (χ3n) is 3.99. The second kappa shape index (κ2) is 5.29. The fraction of sp³-hybridized carbons (Fsp3) is 0.294. The molecular weight excluding hydrogens is 300 g/mol. The van der Waals surface area contributed by atoms with Gasteiger partial charge >= 0.3 is 0 Å². The highest BCUT2D eigenvalue weighted by Crippen LogP contribution is 2.37. The van der Waals surface area contributed by atoms with Gasteiger partial charge in [-0.15, -0.1) is 0 Å². The second-order valence-electron chi connectivity index (χ2n) is 6.05. The summed E-state index contributed by atoms with van der Waals surface area (Å²) in [5.74, 6) is 0.589. The molecule has 1 aromatic heterocycles. The molecular formula is C17H17ClN2O2. The number of anilines is 1. The first kappa shape index (κ1) is 14.9. The number of benzene rings is 1. The van der Waals surface area contributed by atoms with Gasteiger partial charge in [0.25, 0.3) is 5.91 Å². The van der Waals surface area contributed by atoms with E-state index in [9.17, 15) is 4.79 Å². The minimum Gasteiger partial charge on any atom is -0.495 e. The van der Waals surface area contributed by atoms with E-state index in [0.29, 0.717) is 22.9 Å². The highest BCUT2D eigenvalue weighted by molar-refractivity contribution is 6.30. The number of methoxy groups -OCH3 is 1. The molecule has 22 heavy (non-hydrogen) atoms. The van der Waals surface area contributed by atoms with Crippen molar-refractivity contribution in [2.24, 2.45) is 0 Å². The third-order valence-corrected chi connectivity index (χ3v) is 4.22. The maximum Gasteiger partial charge on any atom is 0.258 e. The topological polar surface area (TPSA) is 42.4 Å². The lowest BCUT2D eigenvalue weighted by atomic mass is 9.78. The van der Waals surface area contributed by atoms with E-state index in [4.69, 9.17) is 16.3 Å². The van der Waals surface area contributed by atoms with Gasteiger partial charge < -0.3 is 9.64 Å². The fourth-order valence-corrected chi connectivity index (χ4v) is 3.01. The van der Waals surface area contributed by atoms with Gasteiger partial charge in [0.2, 0.25) is 0 Å². The summed E-state index contributed by atoms with van der Waals surface area (Å²) in [6, 6.07) is 7.25. The number of amides is 1. The van der Waals surface area contributed by atoms with Gasteiger partial charge in [0.1, 0.15) is 5.75 Å². The summed E-state index contributed by atoms with van der Waals surface area (Å²) in [6.07, 6.45) is 3.30. The van der Waals surface area contributed by atoms with Crippen LogP contribution in [0.15, 0.2) is 36.7 Å². The molecule has 1 aliphatic heterocycles. The zero-order valence-corrected chi connectivity index (χ0v) is 13.5. The zero-order valence-electron chi connectivity index (χ0n) is 12.8. The Labute approximate surface area is 134 Å². The average Bonchev–Trinajstić information content (AvgIpc) is 2.51. The molecule has 2 aromatic rings. The van der Waals surface area contributed by atoms with Crippen LogP contribution < -0.4 is 9.64 Å². The van der Waals surface area contributed by atoms with Crippen LogP contribution in [0.1, 0.15) is 29.8 Å². The van der Waals surface area contributed by atoms with Crippen molar-refractivity contribution in [3.8, 4) is 5.75 Å². The predicted octanol–water partition coefficient (Wildman–Crippen LogP) is 3.68. The van der Waals surface area contributed by atoms with E-state index in [1.807, 2.05) is 12.1 Å². The molecule has 5 heteroatoms. The number of hydrogen-bond donors (Lipinski definition) is 0. The van der Waals surface area contributed by atoms with Gasteiger partial charge in [-0.3, -0.25) is 9.78 Å². The number of hydrogen-bond acceptors (Lipinski definition) is 3. The number of aromatic nitrogens is 1. The van der Waals surface area contributed by atoms with Crippen LogP contribution in [0.2, 0.25) is 5.02 Å². The van der Waals surface area contributed by atoms with Gasteiger partial charge in [-0.25, -0.2) is 0 Å². The van der Waals surface area contributed by atoms with Gasteiger partial charge in [-0.2, -0.15) is 0 Å². The Hall–Kier alpha value is -2.07. The molecule has 4 nitrogen and oxygen atoms in total. The smallest absolute Gasteiger partial charge is 0.258 e. The molecule has 1 aromatic carbocycles. The van der Waals surface area contributed by atoms with Crippen LogP contribution in [0, 0.1) is 0 Å². The second-order valence-corrected chi connectivity index (χ2v) is 6.48. The van der Waals surface area contributed by atoms with Crippen LogP contribution in [-0.2, 0) is 5.41 Å². The van der Waals surface area contributed by atoms with Gasteiger partial charge in [0, 0.05) is 28.6 Å². The van der Waals surface area contributed by atoms with Gasteiger partial charge in [-0.05, 0) is 23.8 Å². The van der Waals surface area contributed by atoms with E-state index in [1.165, 1.54) is 0 Å². The van der Waals surface area contributed by atoms with Crippen LogP contribution in [0.25, 0.3) is 0 Å². The molecule has 0 aliphatic carbocycles. The molecule has 0 saturated heterocycles. The minimum atomic E-state index is -0.197. The van der Waals surface area contributed by atoms with E-state index in [1.54, 1.807) is 36.5 Å². The standard InChI is InChI=1S/C17H17ClN2O2/c1-17(2)10-20(12-7-13(22-3)9-19-8-12)16(21)14-5-4-11(18)6-15(14)17/h4-9H,10H2,1-3H3. The van der Waals surface area contributed by atoms with Crippen molar-refractivity contribution in [1.29, 1.82) is 0 Å². The van der Waals surface area contributed by atoms with Crippen molar-refractivity contribution < 1.29 is 9.53 Å². The first-order valence-electron chi connectivity index (χ1n) is 7.03. The highest BCUT2D eigenvalue weighted by atomic mass is 35.5. The van der Waals surface area contributed by atoms with Crippen molar-refractivity contribution in [2.45, 2.75) is 19.3 Å². The Balaban J connectivity index is 2.09. The van der Waals surface area contributed by atoms with E-state index in [2.05, 4.69) is 18.8 Å². The Morgan fingerprint density at radius 2 is 2.05 bits per heavy atom. The van der Waals surface area contributed by atoms with Gasteiger partial charge in [0.05, 0.1) is 25.2 Å². The summed E-state index contributed by atoms with van der Waals surface area (Å²) in [6.45, 7) is 4.78. The number of halogens is 1. The fourth-order valence-electron chi connectivity index (χ4n) is 2.84. The van der Waals surface area contributed by atoms with Crippen molar-refractivity contribution in [3.63, 3.8) is 0 Å². The number of carbonyl (C=O) groups is 1. The van der Waals surface area contributed by atoms with E-state index < -0.39 is 0 Å². The number of nitrogens with zero attached hydrogens (tertiary/aromatic N) is 2. The van der Waals surface area contributed by atoms with Crippen LogP contribution >= 0.6 is 11.6 Å². The van der Waals surface area contributed by atoms with Gasteiger partial charge in [0.15, 0.2) is 0 Å². The zero-order chi connectivity index (χ0) is 15.9. The number of rotatable bonds is 2. The minimum absolute atomic E-state index is 0.0407. The van der Waals surface area contributed by atoms with Crippen molar-refractivity contribution in [1.82, 2.24) is 4.98 Å². The summed E-state index contributed by atoms with van der Waals surface area (Å²) in [7, 11) is 1.58. The van der Waals surface area contributed by atoms with Crippen LogP contribution in [0.3, 0.4) is 0 Å². The molecule has 0 N–H and O–H groups in total. The molecule has 0 bridgehead atoms. The first-order chi connectivity index (χ1) is 10.4. The Morgan fingerprint density at radius 3 is 2.77 bits per heavy atom. The maximum absolute atomic E-state index is 12.8. The van der Waals surface area contributed by atoms with Crippen LogP contribution in [0.5, 0.6) is 5.75 Å². The Morgan fingerprint density at radius 1 is 1.27 bits per heavy atom. The average molecular weight is 317 g/mol. The number of pyridine rings is 1. The van der Waals surface area contributed by atoms with Crippen molar-refractivity contribution >= 4 is 23.2 Å². The van der Waals surface area contributed by atoms with Crippen LogP contribution in [0.4, 0.5) is 5.69 Å². The molecule has 1 amide bonds.